The minimum atomic E-state index is -4.63. The number of alkyl halides is 3. The summed E-state index contributed by atoms with van der Waals surface area (Å²) in [5, 5.41) is 8.90. The van der Waals surface area contributed by atoms with Gasteiger partial charge in [0.2, 0.25) is 0 Å². The molecule has 0 amide bonds. The fraction of sp³-hybridized carbons (Fsp3) is 0.429. The van der Waals surface area contributed by atoms with Gasteiger partial charge in [0.15, 0.2) is 0 Å². The second-order valence-corrected chi connectivity index (χ2v) is 5.15. The van der Waals surface area contributed by atoms with Gasteiger partial charge < -0.3 is 5.11 Å². The van der Waals surface area contributed by atoms with Crippen LogP contribution in [0.25, 0.3) is 10.9 Å². The van der Waals surface area contributed by atoms with Gasteiger partial charge in [-0.15, -0.1) is 0 Å². The summed E-state index contributed by atoms with van der Waals surface area (Å²) in [4.78, 5) is 16.3. The third-order valence-corrected chi connectivity index (χ3v) is 3.43. The highest BCUT2D eigenvalue weighted by Gasteiger charge is 2.34. The van der Waals surface area contributed by atoms with Crippen molar-refractivity contribution in [2.75, 3.05) is 6.61 Å². The van der Waals surface area contributed by atoms with E-state index in [2.05, 4.69) is 4.98 Å². The monoisotopic (exact) mass is 300 g/mol. The molecule has 0 saturated heterocycles. The summed E-state index contributed by atoms with van der Waals surface area (Å²) in [5.41, 5.74) is -1.81. The number of aliphatic hydroxyl groups is 1. The number of hydrogen-bond donors (Lipinski definition) is 1. The van der Waals surface area contributed by atoms with Crippen LogP contribution >= 0.6 is 0 Å². The van der Waals surface area contributed by atoms with Crippen LogP contribution in [0.2, 0.25) is 0 Å². The Morgan fingerprint density at radius 1 is 1.33 bits per heavy atom. The van der Waals surface area contributed by atoms with Crippen LogP contribution < -0.4 is 5.56 Å². The number of fused-ring (bicyclic) bond motifs is 1. The van der Waals surface area contributed by atoms with Crippen LogP contribution in [0.15, 0.2) is 29.3 Å². The Morgan fingerprint density at radius 2 is 2.00 bits per heavy atom. The van der Waals surface area contributed by atoms with Gasteiger partial charge in [-0.25, -0.2) is 4.98 Å². The van der Waals surface area contributed by atoms with Gasteiger partial charge in [-0.3, -0.25) is 9.36 Å². The molecule has 2 aromatic rings. The minimum Gasteiger partial charge on any atom is -0.394 e. The zero-order chi connectivity index (χ0) is 15.8. The number of hydrogen-bond acceptors (Lipinski definition) is 3. The van der Waals surface area contributed by atoms with Crippen LogP contribution in [-0.2, 0) is 6.18 Å². The Morgan fingerprint density at radius 3 is 2.52 bits per heavy atom. The molecular weight excluding hydrogens is 285 g/mol. The van der Waals surface area contributed by atoms with E-state index in [1.165, 1.54) is 18.5 Å². The van der Waals surface area contributed by atoms with Crippen LogP contribution in [-0.4, -0.2) is 21.3 Å². The number of benzene rings is 1. The van der Waals surface area contributed by atoms with Crippen molar-refractivity contribution >= 4 is 10.9 Å². The molecule has 0 fully saturated rings. The molecule has 1 aromatic carbocycles. The smallest absolute Gasteiger partial charge is 0.394 e. The first kappa shape index (κ1) is 15.5. The van der Waals surface area contributed by atoms with Crippen molar-refractivity contribution in [2.24, 2.45) is 5.92 Å². The van der Waals surface area contributed by atoms with Crippen LogP contribution in [0.4, 0.5) is 13.2 Å². The number of halogens is 3. The Labute approximate surface area is 118 Å². The van der Waals surface area contributed by atoms with E-state index < -0.39 is 28.7 Å². The lowest BCUT2D eigenvalue weighted by Gasteiger charge is -2.21. The molecule has 114 valence electrons. The average Bonchev–Trinajstić information content (AvgIpc) is 2.40. The van der Waals surface area contributed by atoms with Gasteiger partial charge in [0, 0.05) is 0 Å². The standard InChI is InChI=1S/C14H15F3N2O2/c1-8(2)11(6-20)19-7-18-10-5-3-4-9(14(15,16)17)12(10)13(19)21/h3-5,7-8,11,20H,6H2,1-2H3/t11-/m1/s1. The molecule has 1 N–H and O–H groups in total. The first-order chi connectivity index (χ1) is 9.77. The van der Waals surface area contributed by atoms with Crippen molar-refractivity contribution in [1.29, 1.82) is 0 Å². The SMILES string of the molecule is CC(C)[C@@H](CO)n1cnc2cccc(C(F)(F)F)c2c1=O. The van der Waals surface area contributed by atoms with E-state index in [4.69, 9.17) is 0 Å². The van der Waals surface area contributed by atoms with E-state index in [0.717, 1.165) is 10.6 Å². The molecule has 0 spiro atoms. The molecule has 0 bridgehead atoms. The lowest BCUT2D eigenvalue weighted by Crippen LogP contribution is -2.31. The van der Waals surface area contributed by atoms with Crippen molar-refractivity contribution in [3.63, 3.8) is 0 Å². The molecule has 21 heavy (non-hydrogen) atoms. The zero-order valence-corrected chi connectivity index (χ0v) is 11.6. The first-order valence-corrected chi connectivity index (χ1v) is 6.45. The quantitative estimate of drug-likeness (QED) is 0.948. The summed E-state index contributed by atoms with van der Waals surface area (Å²) in [6, 6.07) is 2.82. The van der Waals surface area contributed by atoms with Crippen molar-refractivity contribution in [1.82, 2.24) is 9.55 Å². The maximum absolute atomic E-state index is 13.0. The Hall–Kier alpha value is -1.89. The fourth-order valence-electron chi connectivity index (χ4n) is 2.27. The summed E-state index contributed by atoms with van der Waals surface area (Å²) in [6.07, 6.45) is -3.45. The molecule has 1 aromatic heterocycles. The van der Waals surface area contributed by atoms with Gasteiger partial charge in [-0.2, -0.15) is 13.2 Å². The second kappa shape index (κ2) is 5.48. The van der Waals surface area contributed by atoms with Crippen molar-refractivity contribution in [3.05, 3.63) is 40.4 Å². The van der Waals surface area contributed by atoms with Crippen molar-refractivity contribution in [2.45, 2.75) is 26.1 Å². The minimum absolute atomic E-state index is 0.00785. The highest BCUT2D eigenvalue weighted by molar-refractivity contribution is 5.81. The maximum Gasteiger partial charge on any atom is 0.417 e. The molecule has 0 aliphatic rings. The van der Waals surface area contributed by atoms with Crippen molar-refractivity contribution in [3.8, 4) is 0 Å². The highest BCUT2D eigenvalue weighted by atomic mass is 19.4. The normalized spacial score (nSPS) is 13.9. The largest absolute Gasteiger partial charge is 0.417 e. The predicted molar refractivity (Wildman–Crippen MR) is 72.0 cm³/mol. The molecule has 0 saturated carbocycles. The predicted octanol–water partition coefficient (Wildman–Crippen LogP) is 2.60. The van der Waals surface area contributed by atoms with Crippen molar-refractivity contribution < 1.29 is 18.3 Å². The zero-order valence-electron chi connectivity index (χ0n) is 11.6. The first-order valence-electron chi connectivity index (χ1n) is 6.45. The van der Waals surface area contributed by atoms with Gasteiger partial charge in [0.25, 0.3) is 5.56 Å². The van der Waals surface area contributed by atoms with Crippen LogP contribution in [0.5, 0.6) is 0 Å². The fourth-order valence-corrected chi connectivity index (χ4v) is 2.27. The molecule has 0 aliphatic heterocycles. The van der Waals surface area contributed by atoms with E-state index in [-0.39, 0.29) is 18.0 Å². The molecule has 0 unspecified atom stereocenters. The Balaban J connectivity index is 2.80. The van der Waals surface area contributed by atoms with Gasteiger partial charge in [0.1, 0.15) is 0 Å². The lowest BCUT2D eigenvalue weighted by molar-refractivity contribution is -0.136. The highest BCUT2D eigenvalue weighted by Crippen LogP contribution is 2.32. The van der Waals surface area contributed by atoms with Gasteiger partial charge >= 0.3 is 6.18 Å². The molecule has 4 nitrogen and oxygen atoms in total. The topological polar surface area (TPSA) is 55.1 Å². The van der Waals surface area contributed by atoms with E-state index in [1.807, 2.05) is 0 Å². The molecule has 0 aliphatic carbocycles. The summed E-state index contributed by atoms with van der Waals surface area (Å²) in [7, 11) is 0. The Bertz CT molecular complexity index is 707. The van der Waals surface area contributed by atoms with Gasteiger partial charge in [-0.1, -0.05) is 19.9 Å². The third-order valence-electron chi connectivity index (χ3n) is 3.43. The van der Waals surface area contributed by atoms with Gasteiger partial charge in [-0.05, 0) is 18.1 Å². The number of aromatic nitrogens is 2. The Kier molecular flexibility index (Phi) is 4.04. The number of nitrogens with zero attached hydrogens (tertiary/aromatic N) is 2. The molecular formula is C14H15F3N2O2. The van der Waals surface area contributed by atoms with Crippen LogP contribution in [0.3, 0.4) is 0 Å². The summed E-state index contributed by atoms with van der Waals surface area (Å²) < 4.78 is 40.2. The molecule has 2 rings (SSSR count). The summed E-state index contributed by atoms with van der Waals surface area (Å²) >= 11 is 0. The van der Waals surface area contributed by atoms with E-state index in [9.17, 15) is 23.1 Å². The van der Waals surface area contributed by atoms with E-state index in [1.54, 1.807) is 13.8 Å². The molecule has 1 heterocycles. The summed E-state index contributed by atoms with van der Waals surface area (Å²) in [5.74, 6) is -0.120. The third kappa shape index (κ3) is 2.78. The second-order valence-electron chi connectivity index (χ2n) is 5.15. The van der Waals surface area contributed by atoms with E-state index >= 15 is 0 Å². The van der Waals surface area contributed by atoms with Crippen LogP contribution in [0, 0.1) is 5.92 Å². The van der Waals surface area contributed by atoms with Gasteiger partial charge in [0.05, 0.1) is 35.4 Å². The van der Waals surface area contributed by atoms with Crippen LogP contribution in [0.1, 0.15) is 25.5 Å². The average molecular weight is 300 g/mol. The maximum atomic E-state index is 13.0. The molecule has 7 heteroatoms. The molecule has 0 radical (unpaired) electrons. The molecule has 1 atom stereocenters. The van der Waals surface area contributed by atoms with E-state index in [0.29, 0.717) is 0 Å². The number of rotatable bonds is 3. The number of aliphatic hydroxyl groups excluding tert-OH is 1. The summed E-state index contributed by atoms with van der Waals surface area (Å²) in [6.45, 7) is 3.19. The lowest BCUT2D eigenvalue weighted by atomic mass is 10.0.